The average Bonchev–Trinajstić information content (AvgIpc) is 3.22. The molecule has 3 N–H and O–H groups in total. The standard InChI is InChI=1S/C28H23Cl2N5O6S2/c1-16-5-7-19(14-22(16)33-42(2,38)39)43(40,41)34-28(37)26-25(20-4-3-10-32-27(20)36)21-13-18(29)6-8-23(21)35(26)15-17-9-11-31-24(30)12-17/h3-14,33H,15H2,1-2H3,(H,32,36)(H,34,37). The van der Waals surface area contributed by atoms with E-state index in [-0.39, 0.29) is 39.1 Å². The first kappa shape index (κ1) is 30.3. The Labute approximate surface area is 256 Å². The van der Waals surface area contributed by atoms with Crippen LogP contribution in [0.15, 0.2) is 82.7 Å². The summed E-state index contributed by atoms with van der Waals surface area (Å²) in [5.41, 5.74) is 1.27. The normalized spacial score (nSPS) is 11.9. The first-order valence-corrected chi connectivity index (χ1v) is 16.6. The lowest BCUT2D eigenvalue weighted by Gasteiger charge is -2.14. The number of H-pyrrole nitrogens is 1. The van der Waals surface area contributed by atoms with Gasteiger partial charge in [-0.3, -0.25) is 14.3 Å². The van der Waals surface area contributed by atoms with Crippen LogP contribution in [0, 0.1) is 6.92 Å². The van der Waals surface area contributed by atoms with Crippen molar-refractivity contribution < 1.29 is 21.6 Å². The highest BCUT2D eigenvalue weighted by Gasteiger charge is 2.29. The van der Waals surface area contributed by atoms with E-state index in [0.717, 1.165) is 12.3 Å². The summed E-state index contributed by atoms with van der Waals surface area (Å²) < 4.78 is 56.6. The van der Waals surface area contributed by atoms with Gasteiger partial charge >= 0.3 is 0 Å². The Morgan fingerprint density at radius 2 is 1.79 bits per heavy atom. The van der Waals surface area contributed by atoms with E-state index in [1.807, 2.05) is 0 Å². The molecule has 0 fully saturated rings. The van der Waals surface area contributed by atoms with E-state index in [1.54, 1.807) is 47.9 Å². The number of aromatic amines is 1. The molecule has 0 aliphatic heterocycles. The van der Waals surface area contributed by atoms with Crippen molar-refractivity contribution in [1.82, 2.24) is 19.3 Å². The Kier molecular flexibility index (Phi) is 8.09. The van der Waals surface area contributed by atoms with Crippen molar-refractivity contribution in [2.45, 2.75) is 18.4 Å². The summed E-state index contributed by atoms with van der Waals surface area (Å²) in [6, 6.07) is 15.0. The number of hydrogen-bond acceptors (Lipinski definition) is 7. The maximum absolute atomic E-state index is 14.0. The quantitative estimate of drug-likeness (QED) is 0.206. The van der Waals surface area contributed by atoms with Crippen molar-refractivity contribution in [1.29, 1.82) is 0 Å². The van der Waals surface area contributed by atoms with Gasteiger partial charge in [-0.25, -0.2) is 26.5 Å². The fourth-order valence-corrected chi connectivity index (χ4v) is 6.62. The van der Waals surface area contributed by atoms with Crippen molar-refractivity contribution in [3.8, 4) is 11.1 Å². The predicted octanol–water partition coefficient (Wildman–Crippen LogP) is 4.55. The van der Waals surface area contributed by atoms with Crippen LogP contribution in [0.5, 0.6) is 0 Å². The molecule has 0 bridgehead atoms. The Bertz CT molecular complexity index is 2200. The lowest BCUT2D eigenvalue weighted by Crippen LogP contribution is -2.33. The molecular formula is C28H23Cl2N5O6S2. The number of rotatable bonds is 8. The van der Waals surface area contributed by atoms with E-state index in [0.29, 0.717) is 27.1 Å². The summed E-state index contributed by atoms with van der Waals surface area (Å²) in [7, 11) is -8.26. The lowest BCUT2D eigenvalue weighted by molar-refractivity contribution is 0.0974. The topological polar surface area (TPSA) is 160 Å². The Hall–Kier alpha value is -4.17. The molecule has 5 rings (SSSR count). The molecule has 3 aromatic heterocycles. The smallest absolute Gasteiger partial charge is 0.282 e. The number of halogens is 2. The van der Waals surface area contributed by atoms with Crippen LogP contribution in [-0.2, 0) is 26.6 Å². The summed E-state index contributed by atoms with van der Waals surface area (Å²) >= 11 is 12.4. The molecule has 2 aromatic carbocycles. The molecule has 15 heteroatoms. The molecule has 222 valence electrons. The third-order valence-electron chi connectivity index (χ3n) is 6.50. The Balaban J connectivity index is 1.71. The summed E-state index contributed by atoms with van der Waals surface area (Å²) in [6.45, 7) is 1.65. The molecule has 11 nitrogen and oxygen atoms in total. The van der Waals surface area contributed by atoms with Crippen molar-refractivity contribution >= 4 is 65.7 Å². The highest BCUT2D eigenvalue weighted by Crippen LogP contribution is 2.36. The first-order valence-electron chi connectivity index (χ1n) is 12.5. The molecule has 3 heterocycles. The number of nitrogens with zero attached hydrogens (tertiary/aromatic N) is 2. The van der Waals surface area contributed by atoms with Gasteiger partial charge in [0.15, 0.2) is 0 Å². The van der Waals surface area contributed by atoms with E-state index in [4.69, 9.17) is 23.2 Å². The molecule has 43 heavy (non-hydrogen) atoms. The fourth-order valence-electron chi connectivity index (χ4n) is 4.65. The number of aromatic nitrogens is 3. The summed E-state index contributed by atoms with van der Waals surface area (Å²) in [5, 5.41) is 0.973. The number of aryl methyl sites for hydroxylation is 1. The van der Waals surface area contributed by atoms with Gasteiger partial charge in [0.1, 0.15) is 10.8 Å². The Morgan fingerprint density at radius 1 is 1.02 bits per heavy atom. The van der Waals surface area contributed by atoms with Crippen LogP contribution in [-0.4, -0.2) is 43.5 Å². The minimum Gasteiger partial charge on any atom is -0.331 e. The maximum Gasteiger partial charge on any atom is 0.282 e. The van der Waals surface area contributed by atoms with E-state index in [2.05, 4.69) is 19.4 Å². The number of fused-ring (bicyclic) bond motifs is 1. The van der Waals surface area contributed by atoms with Crippen LogP contribution < -0.4 is 15.0 Å². The van der Waals surface area contributed by atoms with Gasteiger partial charge in [0, 0.05) is 46.0 Å². The molecule has 0 atom stereocenters. The predicted molar refractivity (Wildman–Crippen MR) is 166 cm³/mol. The highest BCUT2D eigenvalue weighted by atomic mass is 35.5. The van der Waals surface area contributed by atoms with E-state index >= 15 is 0 Å². The second-order valence-corrected chi connectivity index (χ2v) is 13.9. The zero-order chi connectivity index (χ0) is 31.1. The second kappa shape index (κ2) is 11.5. The van der Waals surface area contributed by atoms with Crippen molar-refractivity contribution in [3.63, 3.8) is 0 Å². The van der Waals surface area contributed by atoms with Gasteiger partial charge < -0.3 is 9.55 Å². The third-order valence-corrected chi connectivity index (χ3v) is 8.86. The van der Waals surface area contributed by atoms with Gasteiger partial charge in [-0.1, -0.05) is 29.3 Å². The van der Waals surface area contributed by atoms with Crippen LogP contribution in [0.25, 0.3) is 22.0 Å². The largest absolute Gasteiger partial charge is 0.331 e. The van der Waals surface area contributed by atoms with Crippen LogP contribution in [0.2, 0.25) is 10.2 Å². The second-order valence-electron chi connectivity index (χ2n) is 9.66. The van der Waals surface area contributed by atoms with Crippen molar-refractivity contribution in [3.05, 3.63) is 110 Å². The number of amides is 1. The number of sulfonamides is 2. The SMILES string of the molecule is Cc1ccc(S(=O)(=O)NC(=O)c2c(-c3ccc[nH]c3=O)c3cc(Cl)ccc3n2Cc2ccnc(Cl)c2)cc1NS(C)(=O)=O. The summed E-state index contributed by atoms with van der Waals surface area (Å²) in [6.07, 6.45) is 3.86. The van der Waals surface area contributed by atoms with Crippen LogP contribution >= 0.6 is 23.2 Å². The molecule has 0 unspecified atom stereocenters. The first-order chi connectivity index (χ1) is 20.2. The van der Waals surface area contributed by atoms with Crippen molar-refractivity contribution in [2.24, 2.45) is 0 Å². The van der Waals surface area contributed by atoms with Crippen LogP contribution in [0.1, 0.15) is 21.6 Å². The monoisotopic (exact) mass is 659 g/mol. The van der Waals surface area contributed by atoms with Gasteiger partial charge in [-0.15, -0.1) is 0 Å². The van der Waals surface area contributed by atoms with E-state index < -0.39 is 31.5 Å². The van der Waals surface area contributed by atoms with Crippen molar-refractivity contribution in [2.75, 3.05) is 11.0 Å². The number of benzene rings is 2. The number of hydrogen-bond donors (Lipinski definition) is 3. The fraction of sp³-hybridized carbons (Fsp3) is 0.107. The molecule has 1 amide bonds. The van der Waals surface area contributed by atoms with Crippen LogP contribution in [0.3, 0.4) is 0 Å². The number of pyridine rings is 2. The number of anilines is 1. The summed E-state index contributed by atoms with van der Waals surface area (Å²) in [5.74, 6) is -1.04. The minimum atomic E-state index is -4.54. The molecule has 0 spiro atoms. The van der Waals surface area contributed by atoms with Gasteiger partial charge in [0.2, 0.25) is 10.0 Å². The highest BCUT2D eigenvalue weighted by molar-refractivity contribution is 7.92. The molecular weight excluding hydrogens is 637 g/mol. The molecule has 0 saturated carbocycles. The van der Waals surface area contributed by atoms with Gasteiger partial charge in [-0.05, 0) is 72.6 Å². The Morgan fingerprint density at radius 3 is 2.49 bits per heavy atom. The van der Waals surface area contributed by atoms with Crippen LogP contribution in [0.4, 0.5) is 5.69 Å². The third kappa shape index (κ3) is 6.44. The van der Waals surface area contributed by atoms with Gasteiger partial charge in [0.05, 0.1) is 16.8 Å². The van der Waals surface area contributed by atoms with E-state index in [9.17, 15) is 26.4 Å². The van der Waals surface area contributed by atoms with Gasteiger partial charge in [0.25, 0.3) is 21.5 Å². The summed E-state index contributed by atoms with van der Waals surface area (Å²) in [4.78, 5) is 33.3. The minimum absolute atomic E-state index is 0.0349. The molecule has 0 aliphatic rings. The molecule has 0 saturated heterocycles. The molecule has 0 radical (unpaired) electrons. The maximum atomic E-state index is 14.0. The van der Waals surface area contributed by atoms with Gasteiger partial charge in [-0.2, -0.15) is 0 Å². The zero-order valence-electron chi connectivity index (χ0n) is 22.6. The lowest BCUT2D eigenvalue weighted by atomic mass is 10.0. The number of carbonyl (C=O) groups is 1. The number of carbonyl (C=O) groups excluding carboxylic acids is 1. The molecule has 5 aromatic rings. The van der Waals surface area contributed by atoms with E-state index in [1.165, 1.54) is 30.6 Å². The average molecular weight is 661 g/mol. The molecule has 0 aliphatic carbocycles. The zero-order valence-corrected chi connectivity index (χ0v) is 25.7. The number of nitrogens with one attached hydrogen (secondary N) is 3.